The van der Waals surface area contributed by atoms with Crippen LogP contribution in [0.5, 0.6) is 0 Å². The molecule has 0 aliphatic heterocycles. The molecule has 92 valence electrons. The predicted octanol–water partition coefficient (Wildman–Crippen LogP) is 3.15. The molecule has 0 aromatic heterocycles. The van der Waals surface area contributed by atoms with Gasteiger partial charge >= 0.3 is 0 Å². The van der Waals surface area contributed by atoms with Crippen molar-refractivity contribution in [3.8, 4) is 0 Å². The number of benzene rings is 1. The number of aliphatic hydroxyl groups excluding tert-OH is 1. The molecule has 1 unspecified atom stereocenters. The Morgan fingerprint density at radius 2 is 1.82 bits per heavy atom. The van der Waals surface area contributed by atoms with E-state index < -0.39 is 6.10 Å². The van der Waals surface area contributed by atoms with Crippen molar-refractivity contribution in [2.75, 3.05) is 19.0 Å². The second-order valence-electron chi connectivity index (χ2n) is 5.06. The fraction of sp³-hybridized carbons (Fsp3) is 0.400. The molecule has 0 saturated carbocycles. The minimum Gasteiger partial charge on any atom is -0.388 e. The van der Waals surface area contributed by atoms with Crippen LogP contribution >= 0.6 is 0 Å². The summed E-state index contributed by atoms with van der Waals surface area (Å²) >= 11 is 0. The molecule has 0 bridgehead atoms. The topological polar surface area (TPSA) is 23.5 Å². The highest BCUT2D eigenvalue weighted by Gasteiger charge is 2.26. The van der Waals surface area contributed by atoms with E-state index in [0.717, 1.165) is 11.3 Å². The number of nitrogens with zero attached hydrogens (tertiary/aromatic N) is 1. The molecule has 17 heavy (non-hydrogen) atoms. The SMILES string of the molecule is C=C=CC(C)(C)C(O)c1ccc(N(C)C)cc1. The van der Waals surface area contributed by atoms with Gasteiger partial charge < -0.3 is 10.0 Å². The zero-order valence-corrected chi connectivity index (χ0v) is 11.1. The monoisotopic (exact) mass is 231 g/mol. The number of hydrogen-bond donors (Lipinski definition) is 1. The van der Waals surface area contributed by atoms with Gasteiger partial charge in [0.15, 0.2) is 0 Å². The van der Waals surface area contributed by atoms with E-state index in [1.165, 1.54) is 0 Å². The third-order valence-corrected chi connectivity index (χ3v) is 2.90. The summed E-state index contributed by atoms with van der Waals surface area (Å²) in [6.07, 6.45) is 1.25. The van der Waals surface area contributed by atoms with Crippen molar-refractivity contribution in [3.05, 3.63) is 48.2 Å². The van der Waals surface area contributed by atoms with E-state index in [2.05, 4.69) is 12.3 Å². The molecule has 2 heteroatoms. The Hall–Kier alpha value is -1.50. The third kappa shape index (κ3) is 3.23. The first-order chi connectivity index (χ1) is 7.88. The van der Waals surface area contributed by atoms with Gasteiger partial charge in [-0.25, -0.2) is 0 Å². The van der Waals surface area contributed by atoms with Gasteiger partial charge in [-0.15, -0.1) is 5.73 Å². The van der Waals surface area contributed by atoms with E-state index in [1.54, 1.807) is 6.08 Å². The summed E-state index contributed by atoms with van der Waals surface area (Å²) in [7, 11) is 3.99. The van der Waals surface area contributed by atoms with E-state index in [1.807, 2.05) is 57.1 Å². The molecule has 0 aliphatic carbocycles. The lowest BCUT2D eigenvalue weighted by atomic mass is 9.82. The van der Waals surface area contributed by atoms with E-state index in [9.17, 15) is 5.11 Å². The average Bonchev–Trinajstić information content (AvgIpc) is 2.28. The number of aliphatic hydroxyl groups is 1. The molecule has 0 radical (unpaired) electrons. The Kier molecular flexibility index (Phi) is 4.17. The maximum Gasteiger partial charge on any atom is 0.0881 e. The van der Waals surface area contributed by atoms with Gasteiger partial charge in [-0.05, 0) is 23.8 Å². The third-order valence-electron chi connectivity index (χ3n) is 2.90. The molecular weight excluding hydrogens is 210 g/mol. The smallest absolute Gasteiger partial charge is 0.0881 e. The van der Waals surface area contributed by atoms with Crippen molar-refractivity contribution in [1.29, 1.82) is 0 Å². The van der Waals surface area contributed by atoms with Crippen molar-refractivity contribution in [2.45, 2.75) is 20.0 Å². The highest BCUT2D eigenvalue weighted by molar-refractivity contribution is 5.46. The molecule has 1 aromatic rings. The summed E-state index contributed by atoms with van der Waals surface area (Å²) in [5.41, 5.74) is 4.42. The standard InChI is InChI=1S/C15H21NO/c1-6-11-15(2,3)14(17)12-7-9-13(10-8-12)16(4)5/h7-11,14,17H,1H2,2-5H3. The van der Waals surface area contributed by atoms with Gasteiger partial charge in [0.1, 0.15) is 0 Å². The van der Waals surface area contributed by atoms with Crippen molar-refractivity contribution < 1.29 is 5.11 Å². The number of anilines is 1. The number of hydrogen-bond acceptors (Lipinski definition) is 2. The Bertz CT molecular complexity index is 411. The van der Waals surface area contributed by atoms with Gasteiger partial charge in [0.05, 0.1) is 6.10 Å². The molecule has 2 nitrogen and oxygen atoms in total. The molecule has 0 saturated heterocycles. The van der Waals surface area contributed by atoms with Gasteiger partial charge in [0, 0.05) is 25.2 Å². The molecule has 1 atom stereocenters. The molecule has 1 N–H and O–H groups in total. The summed E-state index contributed by atoms with van der Waals surface area (Å²) in [4.78, 5) is 2.03. The van der Waals surface area contributed by atoms with Crippen molar-refractivity contribution in [3.63, 3.8) is 0 Å². The first-order valence-corrected chi connectivity index (χ1v) is 5.71. The van der Waals surface area contributed by atoms with Crippen LogP contribution in [-0.4, -0.2) is 19.2 Å². The van der Waals surface area contributed by atoms with E-state index in [0.29, 0.717) is 0 Å². The molecule has 1 rings (SSSR count). The predicted molar refractivity (Wildman–Crippen MR) is 73.2 cm³/mol. The summed E-state index contributed by atoms with van der Waals surface area (Å²) in [6, 6.07) is 7.93. The molecule has 0 fully saturated rings. The van der Waals surface area contributed by atoms with E-state index in [4.69, 9.17) is 0 Å². The quantitative estimate of drug-likeness (QED) is 0.805. The summed E-state index contributed by atoms with van der Waals surface area (Å²) in [5.74, 6) is 0. The van der Waals surface area contributed by atoms with Crippen molar-refractivity contribution in [1.82, 2.24) is 0 Å². The molecular formula is C15H21NO. The van der Waals surface area contributed by atoms with Crippen LogP contribution in [0, 0.1) is 5.41 Å². The Morgan fingerprint density at radius 1 is 1.29 bits per heavy atom. The second kappa shape index (κ2) is 5.22. The molecule has 0 amide bonds. The fourth-order valence-electron chi connectivity index (χ4n) is 1.73. The van der Waals surface area contributed by atoms with Crippen LogP contribution in [0.15, 0.2) is 42.7 Å². The Balaban J connectivity index is 2.97. The second-order valence-corrected chi connectivity index (χ2v) is 5.06. The van der Waals surface area contributed by atoms with Crippen LogP contribution in [0.4, 0.5) is 5.69 Å². The minimum absolute atomic E-state index is 0.360. The first kappa shape index (κ1) is 13.6. The highest BCUT2D eigenvalue weighted by Crippen LogP contribution is 2.34. The van der Waals surface area contributed by atoms with Crippen LogP contribution in [0.2, 0.25) is 0 Å². The van der Waals surface area contributed by atoms with Gasteiger partial charge in [-0.1, -0.05) is 32.6 Å². The lowest BCUT2D eigenvalue weighted by Crippen LogP contribution is -2.19. The van der Waals surface area contributed by atoms with Crippen LogP contribution in [0.25, 0.3) is 0 Å². The van der Waals surface area contributed by atoms with Crippen LogP contribution in [0.1, 0.15) is 25.5 Å². The highest BCUT2D eigenvalue weighted by atomic mass is 16.3. The van der Waals surface area contributed by atoms with Crippen molar-refractivity contribution >= 4 is 5.69 Å². The lowest BCUT2D eigenvalue weighted by Gasteiger charge is -2.27. The van der Waals surface area contributed by atoms with Crippen LogP contribution in [0.3, 0.4) is 0 Å². The van der Waals surface area contributed by atoms with Gasteiger partial charge in [-0.2, -0.15) is 0 Å². The van der Waals surface area contributed by atoms with Gasteiger partial charge in [0.2, 0.25) is 0 Å². The van der Waals surface area contributed by atoms with E-state index in [-0.39, 0.29) is 5.41 Å². The molecule has 0 spiro atoms. The van der Waals surface area contributed by atoms with Gasteiger partial charge in [0.25, 0.3) is 0 Å². The normalized spacial score (nSPS) is 12.8. The van der Waals surface area contributed by atoms with Crippen molar-refractivity contribution in [2.24, 2.45) is 5.41 Å². The zero-order valence-electron chi connectivity index (χ0n) is 11.1. The summed E-state index contributed by atoms with van der Waals surface area (Å²) in [6.45, 7) is 7.50. The Morgan fingerprint density at radius 3 is 2.24 bits per heavy atom. The maximum absolute atomic E-state index is 10.3. The molecule has 0 aliphatic rings. The molecule has 0 heterocycles. The fourth-order valence-corrected chi connectivity index (χ4v) is 1.73. The number of rotatable bonds is 4. The first-order valence-electron chi connectivity index (χ1n) is 5.71. The maximum atomic E-state index is 10.3. The zero-order chi connectivity index (χ0) is 13.1. The molecule has 1 aromatic carbocycles. The Labute approximate surface area is 104 Å². The average molecular weight is 231 g/mol. The van der Waals surface area contributed by atoms with E-state index >= 15 is 0 Å². The lowest BCUT2D eigenvalue weighted by molar-refractivity contribution is 0.0821. The van der Waals surface area contributed by atoms with Crippen LogP contribution < -0.4 is 4.90 Å². The van der Waals surface area contributed by atoms with Gasteiger partial charge in [-0.3, -0.25) is 0 Å². The van der Waals surface area contributed by atoms with Crippen LogP contribution in [-0.2, 0) is 0 Å². The largest absolute Gasteiger partial charge is 0.388 e. The minimum atomic E-state index is -0.548. The summed E-state index contributed by atoms with van der Waals surface area (Å²) < 4.78 is 0. The summed E-state index contributed by atoms with van der Waals surface area (Å²) in [5, 5.41) is 10.3.